The van der Waals surface area contributed by atoms with Crippen LogP contribution in [0.15, 0.2) is 30.3 Å². The Balaban J connectivity index is 0.00000240. The van der Waals surface area contributed by atoms with Crippen LogP contribution < -0.4 is 38.2 Å². The van der Waals surface area contributed by atoms with Gasteiger partial charge in [-0.15, -0.1) is 0 Å². The van der Waals surface area contributed by atoms with Gasteiger partial charge in [0.25, 0.3) is 0 Å². The van der Waals surface area contributed by atoms with E-state index in [9.17, 15) is 4.79 Å². The van der Waals surface area contributed by atoms with Gasteiger partial charge < -0.3 is 42.7 Å². The van der Waals surface area contributed by atoms with Crippen LogP contribution in [-0.2, 0) is 12.8 Å². The quantitative estimate of drug-likeness (QED) is 0.342. The van der Waals surface area contributed by atoms with E-state index >= 15 is 0 Å². The molecule has 6 heteroatoms. The van der Waals surface area contributed by atoms with E-state index in [1.54, 1.807) is 7.11 Å². The fourth-order valence-electron chi connectivity index (χ4n) is 4.34. The molecule has 2 aliphatic heterocycles. The molecule has 0 spiro atoms. The Morgan fingerprint density at radius 2 is 1.93 bits per heavy atom. The van der Waals surface area contributed by atoms with Gasteiger partial charge in [-0.3, -0.25) is 4.79 Å². The SMILES string of the molecule is CCc1ccc(C(=O)CC2c3c(cc4c(c3OC)OCO4)CC[N+]2(C)C)cc1.[I-]. The number of halogens is 1. The van der Waals surface area contributed by atoms with Gasteiger partial charge >= 0.3 is 0 Å². The van der Waals surface area contributed by atoms with E-state index in [2.05, 4.69) is 27.1 Å². The van der Waals surface area contributed by atoms with Crippen molar-refractivity contribution >= 4 is 5.78 Å². The van der Waals surface area contributed by atoms with Gasteiger partial charge in [-0.2, -0.15) is 0 Å². The molecule has 0 bridgehead atoms. The highest BCUT2D eigenvalue weighted by Crippen LogP contribution is 2.51. The van der Waals surface area contributed by atoms with Crippen molar-refractivity contribution in [2.45, 2.75) is 32.2 Å². The van der Waals surface area contributed by atoms with Gasteiger partial charge in [-0.25, -0.2) is 0 Å². The number of hydrogen-bond donors (Lipinski definition) is 0. The molecule has 2 aliphatic rings. The Hall–Kier alpha value is -1.80. The summed E-state index contributed by atoms with van der Waals surface area (Å²) in [6.07, 6.45) is 2.32. The largest absolute Gasteiger partial charge is 1.00 e. The third kappa shape index (κ3) is 3.97. The van der Waals surface area contributed by atoms with Gasteiger partial charge in [0, 0.05) is 12.0 Å². The van der Waals surface area contributed by atoms with Crippen molar-refractivity contribution < 1.29 is 47.5 Å². The molecule has 29 heavy (non-hydrogen) atoms. The van der Waals surface area contributed by atoms with Crippen LogP contribution in [0.2, 0.25) is 0 Å². The normalized spacial score (nSPS) is 18.6. The Morgan fingerprint density at radius 1 is 1.21 bits per heavy atom. The van der Waals surface area contributed by atoms with Crippen molar-refractivity contribution in [3.05, 3.63) is 52.6 Å². The van der Waals surface area contributed by atoms with Crippen molar-refractivity contribution in [2.24, 2.45) is 0 Å². The second-order valence-corrected chi connectivity index (χ2v) is 8.16. The first-order chi connectivity index (χ1) is 13.4. The van der Waals surface area contributed by atoms with E-state index in [-0.39, 0.29) is 42.6 Å². The maximum Gasteiger partial charge on any atom is 0.231 e. The molecule has 2 aromatic carbocycles. The molecule has 5 nitrogen and oxygen atoms in total. The van der Waals surface area contributed by atoms with Gasteiger partial charge in [-0.05, 0) is 23.6 Å². The smallest absolute Gasteiger partial charge is 0.231 e. The molecule has 4 rings (SSSR count). The zero-order valence-electron chi connectivity index (χ0n) is 17.5. The number of carbonyl (C=O) groups excluding carboxylic acids is 1. The number of methoxy groups -OCH3 is 1. The molecule has 1 atom stereocenters. The van der Waals surface area contributed by atoms with Crippen LogP contribution in [0.4, 0.5) is 0 Å². The van der Waals surface area contributed by atoms with Crippen LogP contribution in [0.1, 0.15) is 46.4 Å². The summed E-state index contributed by atoms with van der Waals surface area (Å²) in [5, 5.41) is 0. The predicted octanol–water partition coefficient (Wildman–Crippen LogP) is 0.937. The number of rotatable bonds is 5. The van der Waals surface area contributed by atoms with Crippen molar-refractivity contribution in [2.75, 3.05) is 34.5 Å². The summed E-state index contributed by atoms with van der Waals surface area (Å²) in [5.74, 6) is 2.28. The van der Waals surface area contributed by atoms with Crippen LogP contribution in [0.25, 0.3) is 0 Å². The molecule has 1 unspecified atom stereocenters. The maximum absolute atomic E-state index is 13.1. The van der Waals surface area contributed by atoms with Crippen LogP contribution in [-0.4, -0.2) is 44.8 Å². The summed E-state index contributed by atoms with van der Waals surface area (Å²) in [6, 6.07) is 10.0. The van der Waals surface area contributed by atoms with Crippen LogP contribution in [0.3, 0.4) is 0 Å². The number of nitrogens with zero attached hydrogens (tertiary/aromatic N) is 1. The Labute approximate surface area is 189 Å². The number of ketones is 1. The highest BCUT2D eigenvalue weighted by atomic mass is 127. The average molecular weight is 509 g/mol. The van der Waals surface area contributed by atoms with Crippen molar-refractivity contribution in [3.63, 3.8) is 0 Å². The van der Waals surface area contributed by atoms with Crippen LogP contribution in [0, 0.1) is 0 Å². The van der Waals surface area contributed by atoms with Gasteiger partial charge in [0.2, 0.25) is 12.5 Å². The topological polar surface area (TPSA) is 44.8 Å². The van der Waals surface area contributed by atoms with Crippen molar-refractivity contribution in [1.29, 1.82) is 0 Å². The number of ether oxygens (including phenoxy) is 3. The lowest BCUT2D eigenvalue weighted by atomic mass is 9.86. The maximum atomic E-state index is 13.1. The van der Waals surface area contributed by atoms with Gasteiger partial charge in [0.15, 0.2) is 17.3 Å². The van der Waals surface area contributed by atoms with Crippen LogP contribution >= 0.6 is 0 Å². The number of aryl methyl sites for hydroxylation is 1. The summed E-state index contributed by atoms with van der Waals surface area (Å²) in [5.41, 5.74) is 4.29. The zero-order chi connectivity index (χ0) is 19.9. The minimum atomic E-state index is 0. The molecule has 0 saturated heterocycles. The lowest BCUT2D eigenvalue weighted by Gasteiger charge is -2.43. The van der Waals surface area contributed by atoms with E-state index in [0.29, 0.717) is 12.2 Å². The van der Waals surface area contributed by atoms with E-state index in [1.165, 1.54) is 11.1 Å². The number of carbonyl (C=O) groups is 1. The molecule has 0 N–H and O–H groups in total. The van der Waals surface area contributed by atoms with Gasteiger partial charge in [0.1, 0.15) is 6.04 Å². The second-order valence-electron chi connectivity index (χ2n) is 8.16. The predicted molar refractivity (Wildman–Crippen MR) is 107 cm³/mol. The average Bonchev–Trinajstić information content (AvgIpc) is 3.16. The first kappa shape index (κ1) is 21.9. The Bertz CT molecular complexity index is 908. The Kier molecular flexibility index (Phi) is 6.43. The molecule has 0 fully saturated rings. The zero-order valence-corrected chi connectivity index (χ0v) is 19.6. The molecular weight excluding hydrogens is 481 g/mol. The molecular formula is C23H28INO4. The number of quaternary nitrogens is 1. The third-order valence-electron chi connectivity index (χ3n) is 6.15. The molecule has 2 heterocycles. The number of Topliss-reactive ketones (excluding diaryl/α,β-unsaturated/α-hetero) is 1. The van der Waals surface area contributed by atoms with Crippen LogP contribution in [0.5, 0.6) is 17.2 Å². The van der Waals surface area contributed by atoms with E-state index in [0.717, 1.165) is 46.5 Å². The molecule has 0 radical (unpaired) electrons. The lowest BCUT2D eigenvalue weighted by molar-refractivity contribution is -0.922. The standard InChI is InChI=1S/C23H28NO4.HI/c1-5-15-6-8-16(9-7-15)19(25)13-18-21-17(10-11-24(18,2)3)12-20-22(23(21)26-4)28-14-27-20;/h6-9,12,18H,5,10-11,13-14H2,1-4H3;1H/q+1;/p-1. The minimum absolute atomic E-state index is 0. The highest BCUT2D eigenvalue weighted by Gasteiger charge is 2.42. The summed E-state index contributed by atoms with van der Waals surface area (Å²) in [4.78, 5) is 13.1. The van der Waals surface area contributed by atoms with Crippen molar-refractivity contribution in [1.82, 2.24) is 0 Å². The molecule has 2 aromatic rings. The summed E-state index contributed by atoms with van der Waals surface area (Å²) < 4.78 is 17.8. The molecule has 0 saturated carbocycles. The van der Waals surface area contributed by atoms with E-state index in [1.807, 2.05) is 24.3 Å². The number of likely N-dealkylation sites (N-methyl/N-ethyl adjacent to an activating group) is 1. The number of hydrogen-bond acceptors (Lipinski definition) is 4. The van der Waals surface area contributed by atoms with E-state index < -0.39 is 0 Å². The van der Waals surface area contributed by atoms with Gasteiger partial charge in [-0.1, -0.05) is 31.2 Å². The van der Waals surface area contributed by atoms with Gasteiger partial charge in [0.05, 0.1) is 39.7 Å². The minimum Gasteiger partial charge on any atom is -1.00 e. The van der Waals surface area contributed by atoms with Crippen molar-refractivity contribution in [3.8, 4) is 17.2 Å². The monoisotopic (exact) mass is 509 g/mol. The second kappa shape index (κ2) is 8.52. The lowest BCUT2D eigenvalue weighted by Crippen LogP contribution is -3.00. The summed E-state index contributed by atoms with van der Waals surface area (Å²) in [6.45, 7) is 3.29. The fourth-order valence-corrected chi connectivity index (χ4v) is 4.34. The first-order valence-electron chi connectivity index (χ1n) is 9.88. The third-order valence-corrected chi connectivity index (χ3v) is 6.15. The summed E-state index contributed by atoms with van der Waals surface area (Å²) in [7, 11) is 6.03. The molecule has 0 aromatic heterocycles. The summed E-state index contributed by atoms with van der Waals surface area (Å²) >= 11 is 0. The highest BCUT2D eigenvalue weighted by molar-refractivity contribution is 5.96. The molecule has 156 valence electrons. The number of fused-ring (bicyclic) bond motifs is 2. The Morgan fingerprint density at radius 3 is 2.59 bits per heavy atom. The molecule has 0 amide bonds. The fraction of sp³-hybridized carbons (Fsp3) is 0.435. The molecule has 0 aliphatic carbocycles. The first-order valence-corrected chi connectivity index (χ1v) is 9.88. The van der Waals surface area contributed by atoms with E-state index in [4.69, 9.17) is 14.2 Å². The number of benzene rings is 2.